The Balaban J connectivity index is 2.43. The molecule has 0 radical (unpaired) electrons. The second kappa shape index (κ2) is 8.54. The van der Waals surface area contributed by atoms with Crippen molar-refractivity contribution in [2.75, 3.05) is 20.3 Å². The molecule has 1 aromatic rings. The van der Waals surface area contributed by atoms with Crippen LogP contribution in [0, 0.1) is 0 Å². The van der Waals surface area contributed by atoms with Gasteiger partial charge in [0.05, 0.1) is 12.2 Å². The first kappa shape index (κ1) is 19.5. The third-order valence-corrected chi connectivity index (χ3v) is 3.80. The Hall–Kier alpha value is -1.79. The summed E-state index contributed by atoms with van der Waals surface area (Å²) in [5.74, 6) is -0.781. The van der Waals surface area contributed by atoms with Crippen molar-refractivity contribution in [3.05, 3.63) is 37.6 Å². The lowest BCUT2D eigenvalue weighted by molar-refractivity contribution is -0.163. The van der Waals surface area contributed by atoms with Crippen LogP contribution in [0.4, 0.5) is 0 Å². The lowest BCUT2D eigenvalue weighted by atomic mass is 10.1. The fourth-order valence-electron chi connectivity index (χ4n) is 2.40. The molecule has 4 unspecified atom stereocenters. The van der Waals surface area contributed by atoms with Crippen molar-refractivity contribution in [2.24, 2.45) is 0 Å². The third kappa shape index (κ3) is 4.25. The van der Waals surface area contributed by atoms with E-state index in [0.29, 0.717) is 0 Å². The SMILES string of the molecule is COCC(=O)OC1C(O)C(CO)OC1n1cc(/C=C/Br)c(=O)[nH]c1=O. The number of esters is 1. The number of halogens is 1. The van der Waals surface area contributed by atoms with Gasteiger partial charge in [-0.05, 0) is 11.1 Å². The van der Waals surface area contributed by atoms with E-state index < -0.39 is 48.4 Å². The number of rotatable bonds is 6. The van der Waals surface area contributed by atoms with Crippen molar-refractivity contribution in [3.8, 4) is 0 Å². The molecular formula is C14H17BrN2O8. The van der Waals surface area contributed by atoms with Crippen molar-refractivity contribution in [3.63, 3.8) is 0 Å². The molecular weight excluding hydrogens is 404 g/mol. The number of aliphatic hydroxyl groups excluding tert-OH is 2. The average molecular weight is 421 g/mol. The monoisotopic (exact) mass is 420 g/mol. The zero-order valence-electron chi connectivity index (χ0n) is 13.1. The molecule has 1 saturated heterocycles. The Morgan fingerprint density at radius 1 is 1.52 bits per heavy atom. The molecule has 0 saturated carbocycles. The fourth-order valence-corrected chi connectivity index (χ4v) is 2.69. The van der Waals surface area contributed by atoms with Crippen LogP contribution in [0.2, 0.25) is 0 Å². The average Bonchev–Trinajstić information content (AvgIpc) is 2.87. The molecule has 25 heavy (non-hydrogen) atoms. The molecule has 1 aliphatic rings. The van der Waals surface area contributed by atoms with Crippen molar-refractivity contribution >= 4 is 28.0 Å². The molecule has 0 aliphatic carbocycles. The maximum absolute atomic E-state index is 12.1. The first-order chi connectivity index (χ1) is 11.9. The van der Waals surface area contributed by atoms with E-state index in [9.17, 15) is 24.6 Å². The summed E-state index contributed by atoms with van der Waals surface area (Å²) < 4.78 is 16.2. The van der Waals surface area contributed by atoms with Crippen LogP contribution in [0.25, 0.3) is 6.08 Å². The standard InChI is InChI=1S/C14H17BrN2O8/c1-23-6-9(19)25-11-10(20)8(5-18)24-13(11)17-4-7(2-3-15)12(21)16-14(17)22/h2-4,8,10-11,13,18,20H,5-6H2,1H3,(H,16,21,22)/b3-2+. The van der Waals surface area contributed by atoms with Crippen molar-refractivity contribution in [2.45, 2.75) is 24.5 Å². The quantitative estimate of drug-likeness (QED) is 0.482. The van der Waals surface area contributed by atoms with E-state index in [1.807, 2.05) is 0 Å². The third-order valence-electron chi connectivity index (χ3n) is 3.53. The number of nitrogens with zero attached hydrogens (tertiary/aromatic N) is 1. The fraction of sp³-hybridized carbons (Fsp3) is 0.500. The lowest BCUT2D eigenvalue weighted by Gasteiger charge is -2.22. The maximum atomic E-state index is 12.1. The number of hydrogen-bond acceptors (Lipinski definition) is 8. The van der Waals surface area contributed by atoms with Crippen LogP contribution in [-0.4, -0.2) is 64.4 Å². The van der Waals surface area contributed by atoms with Crippen LogP contribution in [0.15, 0.2) is 20.8 Å². The molecule has 0 spiro atoms. The van der Waals surface area contributed by atoms with E-state index in [-0.39, 0.29) is 12.2 Å². The van der Waals surface area contributed by atoms with Gasteiger partial charge in [-0.25, -0.2) is 9.59 Å². The van der Waals surface area contributed by atoms with Crippen molar-refractivity contribution in [1.29, 1.82) is 0 Å². The van der Waals surface area contributed by atoms with E-state index in [1.54, 1.807) is 0 Å². The van der Waals surface area contributed by atoms with E-state index in [0.717, 1.165) is 4.57 Å². The Bertz CT molecular complexity index is 758. The highest BCUT2D eigenvalue weighted by Gasteiger charge is 2.47. The normalized spacial score (nSPS) is 26.2. The summed E-state index contributed by atoms with van der Waals surface area (Å²) in [6, 6.07) is 0. The predicted octanol–water partition coefficient (Wildman–Crippen LogP) is -1.29. The number of H-pyrrole nitrogens is 1. The Kier molecular flexibility index (Phi) is 6.67. The van der Waals surface area contributed by atoms with E-state index in [1.165, 1.54) is 24.4 Å². The van der Waals surface area contributed by atoms with Crippen LogP contribution in [0.1, 0.15) is 11.8 Å². The van der Waals surface area contributed by atoms with Gasteiger partial charge >= 0.3 is 11.7 Å². The Morgan fingerprint density at radius 2 is 2.24 bits per heavy atom. The smallest absolute Gasteiger partial charge is 0.332 e. The molecule has 0 amide bonds. The van der Waals surface area contributed by atoms with Crippen LogP contribution < -0.4 is 11.2 Å². The number of aliphatic hydroxyl groups is 2. The van der Waals surface area contributed by atoms with Gasteiger partial charge in [-0.15, -0.1) is 0 Å². The van der Waals surface area contributed by atoms with E-state index in [2.05, 4.69) is 25.7 Å². The molecule has 0 bridgehead atoms. The summed E-state index contributed by atoms with van der Waals surface area (Å²) in [5.41, 5.74) is -1.31. The number of ether oxygens (including phenoxy) is 3. The topological polar surface area (TPSA) is 140 Å². The van der Waals surface area contributed by atoms with Gasteiger partial charge in [0, 0.05) is 13.3 Å². The summed E-state index contributed by atoms with van der Waals surface area (Å²) in [6.07, 6.45) is -2.35. The molecule has 2 heterocycles. The molecule has 1 fully saturated rings. The Labute approximate surface area is 149 Å². The zero-order chi connectivity index (χ0) is 18.6. The summed E-state index contributed by atoms with van der Waals surface area (Å²) in [7, 11) is 1.29. The molecule has 11 heteroatoms. The minimum absolute atomic E-state index is 0.129. The molecule has 0 aromatic carbocycles. The summed E-state index contributed by atoms with van der Waals surface area (Å²) in [6.45, 7) is -0.917. The van der Waals surface area contributed by atoms with Crippen LogP contribution >= 0.6 is 15.9 Å². The molecule has 3 N–H and O–H groups in total. The molecule has 1 aromatic heterocycles. The minimum atomic E-state index is -1.37. The van der Waals surface area contributed by atoms with Gasteiger partial charge in [0.1, 0.15) is 18.8 Å². The molecule has 10 nitrogen and oxygen atoms in total. The van der Waals surface area contributed by atoms with Crippen molar-refractivity contribution < 1.29 is 29.2 Å². The number of aromatic nitrogens is 2. The number of methoxy groups -OCH3 is 1. The minimum Gasteiger partial charge on any atom is -0.453 e. The number of aromatic amines is 1. The van der Waals surface area contributed by atoms with Gasteiger partial charge in [-0.1, -0.05) is 15.9 Å². The lowest BCUT2D eigenvalue weighted by Crippen LogP contribution is -2.41. The predicted molar refractivity (Wildman–Crippen MR) is 88.0 cm³/mol. The van der Waals surface area contributed by atoms with Gasteiger partial charge in [-0.3, -0.25) is 14.3 Å². The second-order valence-electron chi connectivity index (χ2n) is 5.17. The molecule has 2 rings (SSSR count). The first-order valence-corrected chi connectivity index (χ1v) is 8.09. The van der Waals surface area contributed by atoms with E-state index >= 15 is 0 Å². The van der Waals surface area contributed by atoms with Gasteiger partial charge < -0.3 is 24.4 Å². The summed E-state index contributed by atoms with van der Waals surface area (Å²) in [4.78, 5) is 39.1. The largest absolute Gasteiger partial charge is 0.453 e. The van der Waals surface area contributed by atoms with Gasteiger partial charge in [0.25, 0.3) is 5.56 Å². The number of carbonyl (C=O) groups is 1. The maximum Gasteiger partial charge on any atom is 0.332 e. The highest BCUT2D eigenvalue weighted by atomic mass is 79.9. The van der Waals surface area contributed by atoms with E-state index in [4.69, 9.17) is 9.47 Å². The van der Waals surface area contributed by atoms with Crippen LogP contribution in [0.5, 0.6) is 0 Å². The number of carbonyl (C=O) groups excluding carboxylic acids is 1. The highest BCUT2D eigenvalue weighted by Crippen LogP contribution is 2.31. The van der Waals surface area contributed by atoms with Crippen molar-refractivity contribution in [1.82, 2.24) is 9.55 Å². The van der Waals surface area contributed by atoms with Crippen LogP contribution in [0.3, 0.4) is 0 Å². The molecule has 1 aliphatic heterocycles. The second-order valence-corrected chi connectivity index (χ2v) is 5.70. The summed E-state index contributed by atoms with van der Waals surface area (Å²) in [5, 5.41) is 19.5. The number of nitrogens with one attached hydrogen (secondary N) is 1. The van der Waals surface area contributed by atoms with Crippen LogP contribution in [-0.2, 0) is 19.0 Å². The Morgan fingerprint density at radius 3 is 2.84 bits per heavy atom. The van der Waals surface area contributed by atoms with Gasteiger partial charge in [0.15, 0.2) is 12.3 Å². The molecule has 138 valence electrons. The first-order valence-electron chi connectivity index (χ1n) is 7.18. The highest BCUT2D eigenvalue weighted by molar-refractivity contribution is 9.11. The summed E-state index contributed by atoms with van der Waals surface area (Å²) >= 11 is 3.03. The molecule has 4 atom stereocenters. The van der Waals surface area contributed by atoms with Gasteiger partial charge in [0.2, 0.25) is 0 Å². The zero-order valence-corrected chi connectivity index (χ0v) is 14.7. The van der Waals surface area contributed by atoms with Gasteiger partial charge in [-0.2, -0.15) is 0 Å². The number of hydrogen-bond donors (Lipinski definition) is 3.